The summed E-state index contributed by atoms with van der Waals surface area (Å²) in [5.74, 6) is 2.62. The third-order valence-electron chi connectivity index (χ3n) is 3.95. The van der Waals surface area contributed by atoms with Gasteiger partial charge in [0, 0.05) is 0 Å². The van der Waals surface area contributed by atoms with Gasteiger partial charge in [-0.25, -0.2) is 0 Å². The number of methoxy groups -OCH3 is 3. The Morgan fingerprint density at radius 2 is 1.73 bits per heavy atom. The van der Waals surface area contributed by atoms with E-state index in [9.17, 15) is 4.79 Å². The molecule has 0 saturated heterocycles. The maximum atomic E-state index is 12.6. The highest BCUT2D eigenvalue weighted by atomic mass is 16.6. The molecule has 0 aliphatic carbocycles. The standard InChI is InChI=1S/C20H20O6/c1-22-14-5-7-17(23-2)15(12-14)16(21)6-4-13-10-18(24-3)20-19(11-13)25-8-9-26-20/h4-7,10-12H,8-9H2,1-3H3/b6-4+. The van der Waals surface area contributed by atoms with Gasteiger partial charge in [0.1, 0.15) is 24.7 Å². The lowest BCUT2D eigenvalue weighted by molar-refractivity contribution is 0.104. The quantitative estimate of drug-likeness (QED) is 0.584. The number of allylic oxidation sites excluding steroid dienone is 1. The molecule has 1 heterocycles. The van der Waals surface area contributed by atoms with Crippen LogP contribution in [0.4, 0.5) is 0 Å². The predicted octanol–water partition coefficient (Wildman–Crippen LogP) is 3.38. The van der Waals surface area contributed by atoms with Gasteiger partial charge in [0.15, 0.2) is 17.3 Å². The SMILES string of the molecule is COc1ccc(OC)c(C(=O)/C=C/c2cc(OC)c3c(c2)OCCO3)c1. The van der Waals surface area contributed by atoms with E-state index in [-0.39, 0.29) is 5.78 Å². The van der Waals surface area contributed by atoms with Crippen molar-refractivity contribution in [3.63, 3.8) is 0 Å². The predicted molar refractivity (Wildman–Crippen MR) is 96.9 cm³/mol. The summed E-state index contributed by atoms with van der Waals surface area (Å²) in [5, 5.41) is 0. The van der Waals surface area contributed by atoms with Crippen molar-refractivity contribution in [3.05, 3.63) is 47.5 Å². The molecule has 0 saturated carbocycles. The summed E-state index contributed by atoms with van der Waals surface area (Å²) in [6.07, 6.45) is 3.17. The van der Waals surface area contributed by atoms with E-state index in [1.165, 1.54) is 13.2 Å². The molecule has 0 bridgehead atoms. The van der Waals surface area contributed by atoms with Crippen molar-refractivity contribution in [1.82, 2.24) is 0 Å². The van der Waals surface area contributed by atoms with Crippen LogP contribution in [0.15, 0.2) is 36.4 Å². The maximum Gasteiger partial charge on any atom is 0.203 e. The molecule has 0 radical (unpaired) electrons. The van der Waals surface area contributed by atoms with Crippen LogP contribution in [0.25, 0.3) is 6.08 Å². The molecule has 1 aliphatic heterocycles. The molecular formula is C20H20O6. The summed E-state index contributed by atoms with van der Waals surface area (Å²) >= 11 is 0. The minimum atomic E-state index is -0.199. The molecule has 0 fully saturated rings. The lowest BCUT2D eigenvalue weighted by Gasteiger charge is -2.20. The Morgan fingerprint density at radius 1 is 0.962 bits per heavy atom. The molecule has 0 amide bonds. The smallest absolute Gasteiger partial charge is 0.203 e. The molecule has 0 N–H and O–H groups in total. The van der Waals surface area contributed by atoms with Crippen molar-refractivity contribution in [2.24, 2.45) is 0 Å². The van der Waals surface area contributed by atoms with Gasteiger partial charge in [-0.3, -0.25) is 4.79 Å². The Hall–Kier alpha value is -3.15. The van der Waals surface area contributed by atoms with Gasteiger partial charge in [0.25, 0.3) is 0 Å². The number of carbonyl (C=O) groups is 1. The van der Waals surface area contributed by atoms with Crippen molar-refractivity contribution in [2.75, 3.05) is 34.5 Å². The molecule has 6 heteroatoms. The second-order valence-corrected chi connectivity index (χ2v) is 5.51. The number of ketones is 1. The third kappa shape index (κ3) is 3.59. The summed E-state index contributed by atoms with van der Waals surface area (Å²) in [4.78, 5) is 12.6. The molecule has 136 valence electrons. The van der Waals surface area contributed by atoms with E-state index in [4.69, 9.17) is 23.7 Å². The van der Waals surface area contributed by atoms with Crippen LogP contribution in [0.1, 0.15) is 15.9 Å². The summed E-state index contributed by atoms with van der Waals surface area (Å²) < 4.78 is 27.0. The fourth-order valence-corrected chi connectivity index (χ4v) is 2.66. The number of hydrogen-bond donors (Lipinski definition) is 0. The van der Waals surface area contributed by atoms with Gasteiger partial charge in [-0.2, -0.15) is 0 Å². The van der Waals surface area contributed by atoms with E-state index < -0.39 is 0 Å². The summed E-state index contributed by atoms with van der Waals surface area (Å²) in [7, 11) is 4.63. The Morgan fingerprint density at radius 3 is 2.46 bits per heavy atom. The van der Waals surface area contributed by atoms with Crippen LogP contribution in [-0.2, 0) is 0 Å². The normalized spacial score (nSPS) is 12.7. The first kappa shape index (κ1) is 17.7. The van der Waals surface area contributed by atoms with Crippen LogP contribution in [-0.4, -0.2) is 40.3 Å². The average Bonchev–Trinajstić information content (AvgIpc) is 2.70. The summed E-state index contributed by atoms with van der Waals surface area (Å²) in [6.45, 7) is 0.954. The molecule has 0 unspecified atom stereocenters. The van der Waals surface area contributed by atoms with E-state index >= 15 is 0 Å². The minimum absolute atomic E-state index is 0.199. The van der Waals surface area contributed by atoms with E-state index in [0.29, 0.717) is 47.5 Å². The first-order valence-corrected chi connectivity index (χ1v) is 8.08. The topological polar surface area (TPSA) is 63.2 Å². The van der Waals surface area contributed by atoms with Crippen LogP contribution in [0, 0.1) is 0 Å². The van der Waals surface area contributed by atoms with Gasteiger partial charge in [0.05, 0.1) is 26.9 Å². The van der Waals surface area contributed by atoms with Crippen molar-refractivity contribution in [1.29, 1.82) is 0 Å². The molecule has 3 rings (SSSR count). The van der Waals surface area contributed by atoms with Gasteiger partial charge in [-0.05, 0) is 42.0 Å². The fraction of sp³-hybridized carbons (Fsp3) is 0.250. The lowest BCUT2D eigenvalue weighted by atomic mass is 10.1. The Bertz CT molecular complexity index is 823. The Kier molecular flexibility index (Phi) is 5.31. The monoisotopic (exact) mass is 356 g/mol. The van der Waals surface area contributed by atoms with Crippen molar-refractivity contribution >= 4 is 11.9 Å². The van der Waals surface area contributed by atoms with Crippen molar-refractivity contribution in [2.45, 2.75) is 0 Å². The number of rotatable bonds is 6. The number of fused-ring (bicyclic) bond motifs is 1. The largest absolute Gasteiger partial charge is 0.497 e. The molecule has 0 spiro atoms. The van der Waals surface area contributed by atoms with Gasteiger partial charge in [-0.15, -0.1) is 0 Å². The summed E-state index contributed by atoms with van der Waals surface area (Å²) in [6, 6.07) is 8.69. The van der Waals surface area contributed by atoms with Crippen LogP contribution >= 0.6 is 0 Å². The fourth-order valence-electron chi connectivity index (χ4n) is 2.66. The molecule has 2 aromatic carbocycles. The average molecular weight is 356 g/mol. The Labute approximate surface area is 151 Å². The summed E-state index contributed by atoms with van der Waals surface area (Å²) in [5.41, 5.74) is 1.19. The van der Waals surface area contributed by atoms with Crippen LogP contribution in [0.5, 0.6) is 28.7 Å². The number of hydrogen-bond acceptors (Lipinski definition) is 6. The molecule has 0 aromatic heterocycles. The van der Waals surface area contributed by atoms with Gasteiger partial charge in [-0.1, -0.05) is 6.08 Å². The van der Waals surface area contributed by atoms with Gasteiger partial charge >= 0.3 is 0 Å². The van der Waals surface area contributed by atoms with E-state index in [1.54, 1.807) is 44.6 Å². The van der Waals surface area contributed by atoms with E-state index in [1.807, 2.05) is 6.07 Å². The highest BCUT2D eigenvalue weighted by Gasteiger charge is 2.18. The molecule has 2 aromatic rings. The Balaban J connectivity index is 1.89. The number of benzene rings is 2. The zero-order valence-electron chi connectivity index (χ0n) is 14.9. The molecule has 26 heavy (non-hydrogen) atoms. The second kappa shape index (κ2) is 7.82. The van der Waals surface area contributed by atoms with Crippen molar-refractivity contribution < 1.29 is 28.5 Å². The maximum absolute atomic E-state index is 12.6. The van der Waals surface area contributed by atoms with Crippen LogP contribution in [0.2, 0.25) is 0 Å². The third-order valence-corrected chi connectivity index (χ3v) is 3.95. The second-order valence-electron chi connectivity index (χ2n) is 5.51. The molecule has 1 aliphatic rings. The van der Waals surface area contributed by atoms with Crippen LogP contribution < -0.4 is 23.7 Å². The first-order chi connectivity index (χ1) is 12.7. The zero-order valence-corrected chi connectivity index (χ0v) is 14.9. The van der Waals surface area contributed by atoms with E-state index in [2.05, 4.69) is 0 Å². The number of ether oxygens (including phenoxy) is 5. The highest BCUT2D eigenvalue weighted by molar-refractivity contribution is 6.09. The van der Waals surface area contributed by atoms with Gasteiger partial charge < -0.3 is 23.7 Å². The van der Waals surface area contributed by atoms with Crippen LogP contribution in [0.3, 0.4) is 0 Å². The van der Waals surface area contributed by atoms with E-state index in [0.717, 1.165) is 5.56 Å². The molecular weight excluding hydrogens is 336 g/mol. The minimum Gasteiger partial charge on any atom is -0.497 e. The van der Waals surface area contributed by atoms with Gasteiger partial charge in [0.2, 0.25) is 5.75 Å². The zero-order chi connectivity index (χ0) is 18.5. The number of carbonyl (C=O) groups excluding carboxylic acids is 1. The first-order valence-electron chi connectivity index (χ1n) is 8.08. The lowest BCUT2D eigenvalue weighted by Crippen LogP contribution is -2.16. The molecule has 0 atom stereocenters. The molecule has 6 nitrogen and oxygen atoms in total. The highest BCUT2D eigenvalue weighted by Crippen LogP contribution is 2.40. The van der Waals surface area contributed by atoms with Crippen molar-refractivity contribution in [3.8, 4) is 28.7 Å².